The Morgan fingerprint density at radius 3 is 2.62 bits per heavy atom. The summed E-state index contributed by atoms with van der Waals surface area (Å²) in [6, 6.07) is 6.19. The number of carboxylic acid groups (broad SMARTS) is 1. The highest BCUT2D eigenvalue weighted by Crippen LogP contribution is 2.36. The van der Waals surface area contributed by atoms with Gasteiger partial charge in [0, 0.05) is 20.5 Å². The maximum atomic E-state index is 13.6. The van der Waals surface area contributed by atoms with Crippen LogP contribution >= 0.6 is 11.8 Å². The van der Waals surface area contributed by atoms with Crippen LogP contribution in [-0.2, 0) is 16.1 Å². The monoisotopic (exact) mass is 378 g/mol. The Labute approximate surface area is 157 Å². The SMILES string of the molecule is CCSC1=C(C(=O)O)C(C)=CC(N(C)C(C)=O)N1Cc1cccc(F)c1. The molecule has 0 saturated heterocycles. The largest absolute Gasteiger partial charge is 0.478 e. The molecule has 140 valence electrons. The Morgan fingerprint density at radius 1 is 1.38 bits per heavy atom. The van der Waals surface area contributed by atoms with Crippen LogP contribution < -0.4 is 0 Å². The molecule has 1 atom stereocenters. The van der Waals surface area contributed by atoms with Gasteiger partial charge in [-0.1, -0.05) is 19.1 Å². The van der Waals surface area contributed by atoms with E-state index in [4.69, 9.17) is 0 Å². The summed E-state index contributed by atoms with van der Waals surface area (Å²) in [6.45, 7) is 5.44. The number of thioether (sulfide) groups is 1. The van der Waals surface area contributed by atoms with Crippen molar-refractivity contribution < 1.29 is 19.1 Å². The summed E-state index contributed by atoms with van der Waals surface area (Å²) < 4.78 is 13.6. The van der Waals surface area contributed by atoms with Gasteiger partial charge in [-0.3, -0.25) is 4.79 Å². The van der Waals surface area contributed by atoms with Crippen LogP contribution in [-0.4, -0.2) is 45.7 Å². The number of hydrogen-bond acceptors (Lipinski definition) is 4. The highest BCUT2D eigenvalue weighted by Gasteiger charge is 2.33. The topological polar surface area (TPSA) is 60.9 Å². The average Bonchev–Trinajstić information content (AvgIpc) is 2.56. The molecule has 0 saturated carbocycles. The van der Waals surface area contributed by atoms with Gasteiger partial charge in [0.15, 0.2) is 0 Å². The zero-order valence-corrected chi connectivity index (χ0v) is 16.1. The molecule has 0 aromatic heterocycles. The molecule has 26 heavy (non-hydrogen) atoms. The van der Waals surface area contributed by atoms with E-state index in [1.54, 1.807) is 37.1 Å². The number of hydrogen-bond donors (Lipinski definition) is 1. The summed E-state index contributed by atoms with van der Waals surface area (Å²) in [4.78, 5) is 27.2. The predicted octanol–water partition coefficient (Wildman–Crippen LogP) is 3.44. The van der Waals surface area contributed by atoms with Gasteiger partial charge in [-0.2, -0.15) is 0 Å². The number of amides is 1. The summed E-state index contributed by atoms with van der Waals surface area (Å²) in [6.07, 6.45) is 1.33. The van der Waals surface area contributed by atoms with Gasteiger partial charge in [-0.15, -0.1) is 11.8 Å². The quantitative estimate of drug-likeness (QED) is 0.822. The van der Waals surface area contributed by atoms with Crippen molar-refractivity contribution in [3.8, 4) is 0 Å². The van der Waals surface area contributed by atoms with Crippen molar-refractivity contribution in [2.24, 2.45) is 0 Å². The fourth-order valence-corrected chi connectivity index (χ4v) is 3.89. The maximum Gasteiger partial charge on any atom is 0.338 e. The smallest absolute Gasteiger partial charge is 0.338 e. The number of rotatable bonds is 6. The predicted molar refractivity (Wildman–Crippen MR) is 101 cm³/mol. The second-order valence-corrected chi connectivity index (χ2v) is 7.32. The fraction of sp³-hybridized carbons (Fsp3) is 0.368. The first kappa shape index (κ1) is 20.0. The van der Waals surface area contributed by atoms with Gasteiger partial charge >= 0.3 is 5.97 Å². The molecular weight excluding hydrogens is 355 g/mol. The summed E-state index contributed by atoms with van der Waals surface area (Å²) in [5.74, 6) is -0.823. The second kappa shape index (κ2) is 8.40. The maximum absolute atomic E-state index is 13.6. The van der Waals surface area contributed by atoms with Gasteiger partial charge in [0.2, 0.25) is 5.91 Å². The number of carboxylic acids is 1. The van der Waals surface area contributed by atoms with Crippen molar-refractivity contribution >= 4 is 23.6 Å². The van der Waals surface area contributed by atoms with Gasteiger partial charge in [-0.25, -0.2) is 9.18 Å². The number of nitrogens with zero attached hydrogens (tertiary/aromatic N) is 2. The van der Waals surface area contributed by atoms with E-state index >= 15 is 0 Å². The molecule has 1 aliphatic rings. The highest BCUT2D eigenvalue weighted by molar-refractivity contribution is 8.03. The molecule has 0 aliphatic carbocycles. The Morgan fingerprint density at radius 2 is 2.08 bits per heavy atom. The Balaban J connectivity index is 2.55. The van der Waals surface area contributed by atoms with Crippen molar-refractivity contribution in [1.82, 2.24) is 9.80 Å². The van der Waals surface area contributed by atoms with E-state index in [1.807, 2.05) is 11.8 Å². The van der Waals surface area contributed by atoms with Crippen LogP contribution in [0.1, 0.15) is 26.3 Å². The molecule has 2 rings (SSSR count). The van der Waals surface area contributed by atoms with Gasteiger partial charge in [0.1, 0.15) is 12.0 Å². The first-order valence-electron chi connectivity index (χ1n) is 8.29. The fourth-order valence-electron chi connectivity index (χ4n) is 2.89. The van der Waals surface area contributed by atoms with Crippen LogP contribution in [0.5, 0.6) is 0 Å². The van der Waals surface area contributed by atoms with E-state index in [0.29, 0.717) is 28.5 Å². The summed E-state index contributed by atoms with van der Waals surface area (Å²) >= 11 is 1.41. The summed E-state index contributed by atoms with van der Waals surface area (Å²) in [5.41, 5.74) is 1.54. The molecule has 5 nitrogen and oxygen atoms in total. The highest BCUT2D eigenvalue weighted by atomic mass is 32.2. The number of likely N-dealkylation sites (N-methyl/N-ethyl adjacent to an activating group) is 1. The van der Waals surface area contributed by atoms with Crippen LogP contribution in [0.15, 0.2) is 46.5 Å². The van der Waals surface area contributed by atoms with Crippen molar-refractivity contribution in [2.45, 2.75) is 33.5 Å². The number of carbonyl (C=O) groups excluding carboxylic acids is 1. The van der Waals surface area contributed by atoms with Gasteiger partial charge in [0.05, 0.1) is 10.6 Å². The third kappa shape index (κ3) is 4.27. The van der Waals surface area contributed by atoms with Gasteiger partial charge in [0.25, 0.3) is 0 Å². The molecular formula is C19H23FN2O3S. The van der Waals surface area contributed by atoms with Crippen LogP contribution in [0.3, 0.4) is 0 Å². The third-order valence-corrected chi connectivity index (χ3v) is 5.22. The standard InChI is InChI=1S/C19H23FN2O3S/c1-5-26-18-17(19(24)25)12(2)9-16(21(4)13(3)23)22(18)11-14-7-6-8-15(20)10-14/h6-10,16H,5,11H2,1-4H3,(H,24,25). The summed E-state index contributed by atoms with van der Waals surface area (Å²) in [7, 11) is 1.68. The average molecular weight is 378 g/mol. The van der Waals surface area contributed by atoms with E-state index < -0.39 is 12.1 Å². The van der Waals surface area contributed by atoms with Gasteiger partial charge < -0.3 is 14.9 Å². The molecule has 7 heteroatoms. The lowest BCUT2D eigenvalue weighted by Crippen LogP contribution is -2.48. The van der Waals surface area contributed by atoms with E-state index in [9.17, 15) is 19.1 Å². The second-order valence-electron chi connectivity index (χ2n) is 6.07. The molecule has 0 fully saturated rings. The van der Waals surface area contributed by atoms with Crippen LogP contribution in [0.2, 0.25) is 0 Å². The normalized spacial score (nSPS) is 17.2. The number of benzene rings is 1. The molecule has 1 aromatic carbocycles. The van der Waals surface area contributed by atoms with E-state index in [1.165, 1.54) is 30.8 Å². The van der Waals surface area contributed by atoms with E-state index in [2.05, 4.69) is 0 Å². The van der Waals surface area contributed by atoms with Crippen LogP contribution in [0, 0.1) is 5.82 Å². The van der Waals surface area contributed by atoms with Crippen molar-refractivity contribution in [2.75, 3.05) is 12.8 Å². The van der Waals surface area contributed by atoms with E-state index in [-0.39, 0.29) is 17.3 Å². The molecule has 0 radical (unpaired) electrons. The number of aliphatic carboxylic acids is 1. The van der Waals surface area contributed by atoms with Crippen LogP contribution in [0.4, 0.5) is 4.39 Å². The van der Waals surface area contributed by atoms with Crippen LogP contribution in [0.25, 0.3) is 0 Å². The molecule has 1 amide bonds. The number of carbonyl (C=O) groups is 2. The zero-order valence-electron chi connectivity index (χ0n) is 15.3. The lowest BCUT2D eigenvalue weighted by molar-refractivity contribution is -0.132. The minimum absolute atomic E-state index is 0.136. The molecule has 0 spiro atoms. The first-order chi connectivity index (χ1) is 12.3. The number of halogens is 1. The zero-order chi connectivity index (χ0) is 19.4. The van der Waals surface area contributed by atoms with Crippen molar-refractivity contribution in [1.29, 1.82) is 0 Å². The minimum atomic E-state index is -1.01. The molecule has 1 aromatic rings. The Hall–Kier alpha value is -2.28. The lowest BCUT2D eigenvalue weighted by atomic mass is 10.0. The Bertz CT molecular complexity index is 776. The minimum Gasteiger partial charge on any atom is -0.478 e. The Kier molecular flexibility index (Phi) is 6.47. The molecule has 1 aliphatic heterocycles. The summed E-state index contributed by atoms with van der Waals surface area (Å²) in [5, 5.41) is 10.3. The van der Waals surface area contributed by atoms with Gasteiger partial charge in [-0.05, 0) is 42.0 Å². The third-order valence-electron chi connectivity index (χ3n) is 4.22. The molecule has 1 unspecified atom stereocenters. The first-order valence-corrected chi connectivity index (χ1v) is 9.28. The van der Waals surface area contributed by atoms with Crippen molar-refractivity contribution in [3.05, 3.63) is 57.9 Å². The lowest BCUT2D eigenvalue weighted by Gasteiger charge is -2.42. The molecule has 1 heterocycles. The van der Waals surface area contributed by atoms with E-state index in [0.717, 1.165) is 0 Å². The molecule has 0 bridgehead atoms. The van der Waals surface area contributed by atoms with Crippen molar-refractivity contribution in [3.63, 3.8) is 0 Å². The molecule has 1 N–H and O–H groups in total.